The minimum absolute atomic E-state index is 0.0334. The molecular formula is C8H20OSi2. The van der Waals surface area contributed by atoms with Gasteiger partial charge in [-0.05, 0) is 6.42 Å². The van der Waals surface area contributed by atoms with Crippen molar-refractivity contribution in [3.05, 3.63) is 0 Å². The molecule has 1 nitrogen and oxygen atoms in total. The Balaban J connectivity index is 1.96. The van der Waals surface area contributed by atoms with E-state index in [9.17, 15) is 0 Å². The van der Waals surface area contributed by atoms with Crippen molar-refractivity contribution < 1.29 is 4.43 Å². The molecule has 0 aliphatic carbocycles. The lowest BCUT2D eigenvalue weighted by Gasteiger charge is -2.19. The summed E-state index contributed by atoms with van der Waals surface area (Å²) in [6.45, 7) is 3.39. The Morgan fingerprint density at radius 1 is 1.45 bits per heavy atom. The molecule has 0 aromatic carbocycles. The van der Waals surface area contributed by atoms with Gasteiger partial charge in [0.2, 0.25) is 0 Å². The van der Waals surface area contributed by atoms with Crippen LogP contribution in [0.2, 0.25) is 12.1 Å². The fraction of sp³-hybridized carbons (Fsp3) is 1.00. The summed E-state index contributed by atoms with van der Waals surface area (Å²) in [6, 6.07) is 3.20. The van der Waals surface area contributed by atoms with Crippen LogP contribution in [0.15, 0.2) is 0 Å². The third kappa shape index (κ3) is 4.08. The van der Waals surface area contributed by atoms with Crippen LogP contribution in [0.5, 0.6) is 0 Å². The van der Waals surface area contributed by atoms with Crippen LogP contribution in [0.25, 0.3) is 0 Å². The summed E-state index contributed by atoms with van der Waals surface area (Å²) in [4.78, 5) is 0. The maximum absolute atomic E-state index is 5.61. The standard InChI is InChI=1S/C8H20OSi2/c1-2-3-4-7-11-8-5-6-9-10-11/h11H,2-8,10H2,1H3. The van der Waals surface area contributed by atoms with E-state index < -0.39 is 0 Å². The summed E-state index contributed by atoms with van der Waals surface area (Å²) in [5.74, 6) is 0. The van der Waals surface area contributed by atoms with Crippen LogP contribution in [0.3, 0.4) is 0 Å². The van der Waals surface area contributed by atoms with Gasteiger partial charge < -0.3 is 4.43 Å². The van der Waals surface area contributed by atoms with Crippen LogP contribution in [0.1, 0.15) is 32.6 Å². The third-order valence-corrected chi connectivity index (χ3v) is 10.5. The molecule has 1 heterocycles. The average Bonchev–Trinajstić information content (AvgIpc) is 2.07. The van der Waals surface area contributed by atoms with Gasteiger partial charge in [0.15, 0.2) is 0 Å². The van der Waals surface area contributed by atoms with Gasteiger partial charge in [0.25, 0.3) is 0 Å². The van der Waals surface area contributed by atoms with Crippen LogP contribution in [-0.4, -0.2) is 24.2 Å². The Kier molecular flexibility index (Phi) is 5.15. The van der Waals surface area contributed by atoms with Crippen molar-refractivity contribution in [1.82, 2.24) is 0 Å². The third-order valence-electron chi connectivity index (χ3n) is 2.47. The molecule has 1 rings (SSSR count). The molecule has 0 spiro atoms. The van der Waals surface area contributed by atoms with Gasteiger partial charge in [-0.1, -0.05) is 38.3 Å². The molecule has 1 fully saturated rings. The van der Waals surface area contributed by atoms with E-state index in [0.29, 0.717) is 0 Å². The SMILES string of the molecule is CCCCC[SiH]1CCCO[SiH2]1. The first-order valence-electron chi connectivity index (χ1n) is 5.01. The lowest BCUT2D eigenvalue weighted by Crippen LogP contribution is -2.29. The zero-order valence-corrected chi connectivity index (χ0v) is 10.2. The van der Waals surface area contributed by atoms with Crippen LogP contribution in [-0.2, 0) is 4.43 Å². The fourth-order valence-corrected chi connectivity index (χ4v) is 8.89. The van der Waals surface area contributed by atoms with Gasteiger partial charge in [0.1, 0.15) is 9.28 Å². The number of hydrogen-bond acceptors (Lipinski definition) is 1. The van der Waals surface area contributed by atoms with Crippen molar-refractivity contribution in [2.45, 2.75) is 44.7 Å². The maximum atomic E-state index is 5.61. The number of unbranched alkanes of at least 4 members (excludes halogenated alkanes) is 2. The van der Waals surface area contributed by atoms with Crippen LogP contribution >= 0.6 is 0 Å². The molecule has 1 aliphatic rings. The molecule has 1 saturated heterocycles. The monoisotopic (exact) mass is 188 g/mol. The highest BCUT2D eigenvalue weighted by molar-refractivity contribution is 7.10. The second-order valence-electron chi connectivity index (χ2n) is 3.58. The molecule has 66 valence electrons. The fourth-order valence-electron chi connectivity index (χ4n) is 1.72. The van der Waals surface area contributed by atoms with E-state index in [4.69, 9.17) is 4.43 Å². The van der Waals surface area contributed by atoms with E-state index in [-0.39, 0.29) is 17.6 Å². The van der Waals surface area contributed by atoms with E-state index in [1.54, 1.807) is 12.1 Å². The zero-order valence-electron chi connectivity index (χ0n) is 7.64. The van der Waals surface area contributed by atoms with Gasteiger partial charge in [-0.15, -0.1) is 0 Å². The Morgan fingerprint density at radius 3 is 3.00 bits per heavy atom. The summed E-state index contributed by atoms with van der Waals surface area (Å²) in [7, 11) is -0.208. The highest BCUT2D eigenvalue weighted by Gasteiger charge is 2.15. The molecular weight excluding hydrogens is 168 g/mol. The van der Waals surface area contributed by atoms with Gasteiger partial charge in [0.05, 0.1) is 8.31 Å². The summed E-state index contributed by atoms with van der Waals surface area (Å²) < 4.78 is 5.61. The highest BCUT2D eigenvalue weighted by Crippen LogP contribution is 2.12. The Bertz CT molecular complexity index is 92.1. The largest absolute Gasteiger partial charge is 0.428 e. The lowest BCUT2D eigenvalue weighted by molar-refractivity contribution is 0.335. The van der Waals surface area contributed by atoms with Crippen molar-refractivity contribution in [1.29, 1.82) is 0 Å². The van der Waals surface area contributed by atoms with Crippen molar-refractivity contribution in [2.75, 3.05) is 6.61 Å². The molecule has 0 N–H and O–H groups in total. The molecule has 0 amide bonds. The average molecular weight is 188 g/mol. The summed E-state index contributed by atoms with van der Waals surface area (Å²) in [5.41, 5.74) is 0. The van der Waals surface area contributed by atoms with Crippen molar-refractivity contribution in [2.24, 2.45) is 0 Å². The van der Waals surface area contributed by atoms with E-state index in [1.165, 1.54) is 25.7 Å². The molecule has 11 heavy (non-hydrogen) atoms. The topological polar surface area (TPSA) is 9.23 Å². The molecule has 1 aliphatic heterocycles. The first-order chi connectivity index (χ1) is 5.43. The molecule has 1 atom stereocenters. The van der Waals surface area contributed by atoms with Crippen LogP contribution in [0.4, 0.5) is 0 Å². The minimum Gasteiger partial charge on any atom is -0.428 e. The van der Waals surface area contributed by atoms with Crippen molar-refractivity contribution in [3.63, 3.8) is 0 Å². The summed E-state index contributed by atoms with van der Waals surface area (Å²) in [6.07, 6.45) is 5.72. The summed E-state index contributed by atoms with van der Waals surface area (Å²) in [5, 5.41) is 0. The lowest BCUT2D eigenvalue weighted by atomic mass is 10.3. The Hall–Kier alpha value is 0.394. The minimum atomic E-state index is -0.241. The molecule has 3 heteroatoms. The first-order valence-corrected chi connectivity index (χ1v) is 10.5. The van der Waals surface area contributed by atoms with Crippen molar-refractivity contribution in [3.8, 4) is 0 Å². The summed E-state index contributed by atoms with van der Waals surface area (Å²) >= 11 is 0. The maximum Gasteiger partial charge on any atom is 0.147 e. The number of hydrogen-bond donors (Lipinski definition) is 0. The van der Waals surface area contributed by atoms with Gasteiger partial charge in [0, 0.05) is 6.61 Å². The van der Waals surface area contributed by atoms with Gasteiger partial charge in [-0.25, -0.2) is 0 Å². The normalized spacial score (nSPS) is 27.5. The van der Waals surface area contributed by atoms with Gasteiger partial charge in [-0.2, -0.15) is 0 Å². The Morgan fingerprint density at radius 2 is 2.36 bits per heavy atom. The van der Waals surface area contributed by atoms with Gasteiger partial charge in [-0.3, -0.25) is 0 Å². The van der Waals surface area contributed by atoms with E-state index in [0.717, 1.165) is 6.61 Å². The van der Waals surface area contributed by atoms with Gasteiger partial charge >= 0.3 is 0 Å². The second-order valence-corrected chi connectivity index (χ2v) is 11.7. The van der Waals surface area contributed by atoms with Crippen molar-refractivity contribution >= 4 is 17.6 Å². The quantitative estimate of drug-likeness (QED) is 0.479. The molecule has 0 aromatic heterocycles. The molecule has 0 bridgehead atoms. The second kappa shape index (κ2) is 5.97. The van der Waals surface area contributed by atoms with Crippen LogP contribution in [0, 0.1) is 0 Å². The molecule has 1 unspecified atom stereocenters. The molecule has 0 saturated carbocycles. The molecule has 0 radical (unpaired) electrons. The van der Waals surface area contributed by atoms with E-state index >= 15 is 0 Å². The predicted molar refractivity (Wildman–Crippen MR) is 55.4 cm³/mol. The Labute approximate surface area is 73.9 Å². The zero-order chi connectivity index (χ0) is 7.94. The smallest absolute Gasteiger partial charge is 0.147 e. The van der Waals surface area contributed by atoms with E-state index in [1.807, 2.05) is 0 Å². The highest BCUT2D eigenvalue weighted by atomic mass is 29.2. The predicted octanol–water partition coefficient (Wildman–Crippen LogP) is 1.40. The number of rotatable bonds is 4. The molecule has 0 aromatic rings. The van der Waals surface area contributed by atoms with Crippen LogP contribution < -0.4 is 0 Å². The van der Waals surface area contributed by atoms with E-state index in [2.05, 4.69) is 6.92 Å². The first kappa shape index (κ1) is 9.48.